The molecule has 1 aliphatic carbocycles. The summed E-state index contributed by atoms with van der Waals surface area (Å²) in [7, 11) is 0. The fraction of sp³-hybridized carbons (Fsp3) is 0.917. The van der Waals surface area contributed by atoms with Crippen molar-refractivity contribution in [2.24, 2.45) is 0 Å². The van der Waals surface area contributed by atoms with E-state index in [4.69, 9.17) is 0 Å². The van der Waals surface area contributed by atoms with Crippen LogP contribution in [0.2, 0.25) is 0 Å². The largest absolute Gasteiger partial charge is 0.338 e. The molecule has 0 aromatic rings. The summed E-state index contributed by atoms with van der Waals surface area (Å²) in [6.45, 7) is 0.965. The third-order valence-corrected chi connectivity index (χ3v) is 4.89. The minimum absolute atomic E-state index is 0.380. The van der Waals surface area contributed by atoms with Crippen LogP contribution in [-0.2, 0) is 4.79 Å². The van der Waals surface area contributed by atoms with E-state index in [0.29, 0.717) is 24.0 Å². The highest BCUT2D eigenvalue weighted by Gasteiger charge is 2.39. The topological polar surface area (TPSA) is 32.3 Å². The van der Waals surface area contributed by atoms with Gasteiger partial charge in [0, 0.05) is 31.1 Å². The van der Waals surface area contributed by atoms with Crippen molar-refractivity contribution in [3.8, 4) is 0 Å². The molecule has 1 amide bonds. The molecule has 1 saturated carbocycles. The van der Waals surface area contributed by atoms with Crippen molar-refractivity contribution in [1.29, 1.82) is 0 Å². The molecule has 1 N–H and O–H groups in total. The van der Waals surface area contributed by atoms with E-state index in [-0.39, 0.29) is 0 Å². The molecule has 3 rings (SSSR count). The molecular weight excluding hydrogens is 220 g/mol. The Morgan fingerprint density at radius 3 is 2.56 bits per heavy atom. The highest BCUT2D eigenvalue weighted by molar-refractivity contribution is 7.99. The zero-order valence-electron chi connectivity index (χ0n) is 9.65. The second-order valence-corrected chi connectivity index (χ2v) is 6.46. The number of thioether (sulfide) groups is 1. The molecule has 0 aromatic carbocycles. The van der Waals surface area contributed by atoms with Crippen molar-refractivity contribution in [2.45, 2.75) is 50.2 Å². The van der Waals surface area contributed by atoms with Crippen LogP contribution in [0.3, 0.4) is 0 Å². The zero-order chi connectivity index (χ0) is 11.0. The summed E-state index contributed by atoms with van der Waals surface area (Å²) < 4.78 is 0. The summed E-state index contributed by atoms with van der Waals surface area (Å²) >= 11 is 2.06. The Morgan fingerprint density at radius 1 is 1.12 bits per heavy atom. The lowest BCUT2D eigenvalue weighted by atomic mass is 10.1. The zero-order valence-corrected chi connectivity index (χ0v) is 10.5. The van der Waals surface area contributed by atoms with E-state index in [0.717, 1.165) is 13.0 Å². The van der Waals surface area contributed by atoms with Gasteiger partial charge in [-0.3, -0.25) is 4.79 Å². The number of hydrogen-bond acceptors (Lipinski definition) is 3. The van der Waals surface area contributed by atoms with E-state index in [1.807, 2.05) is 0 Å². The average molecular weight is 240 g/mol. The maximum Gasteiger partial charge on any atom is 0.224 e. The van der Waals surface area contributed by atoms with E-state index in [9.17, 15) is 4.79 Å². The van der Waals surface area contributed by atoms with E-state index in [1.165, 1.54) is 37.2 Å². The smallest absolute Gasteiger partial charge is 0.224 e. The molecule has 1 unspecified atom stereocenters. The average Bonchev–Trinajstić information content (AvgIpc) is 3.06. The van der Waals surface area contributed by atoms with Crippen molar-refractivity contribution in [1.82, 2.24) is 10.2 Å². The van der Waals surface area contributed by atoms with Crippen LogP contribution in [0.1, 0.15) is 32.1 Å². The molecule has 90 valence electrons. The standard InChI is InChI=1S/C12H20N2OS/c15-12-7-10(8-14(12)11-1-2-11)13-9-3-5-16-6-4-9/h9-11,13H,1-8H2. The van der Waals surface area contributed by atoms with Gasteiger partial charge in [-0.25, -0.2) is 0 Å². The first-order valence-corrected chi connectivity index (χ1v) is 7.61. The molecule has 16 heavy (non-hydrogen) atoms. The Hall–Kier alpha value is -0.220. The Kier molecular flexibility index (Phi) is 3.11. The van der Waals surface area contributed by atoms with Crippen LogP contribution in [-0.4, -0.2) is 47.0 Å². The van der Waals surface area contributed by atoms with Crippen LogP contribution in [0, 0.1) is 0 Å². The summed E-state index contributed by atoms with van der Waals surface area (Å²) in [6, 6.07) is 1.70. The van der Waals surface area contributed by atoms with Crippen LogP contribution in [0.15, 0.2) is 0 Å². The number of likely N-dealkylation sites (tertiary alicyclic amines) is 1. The maximum absolute atomic E-state index is 11.8. The molecule has 3 nitrogen and oxygen atoms in total. The number of rotatable bonds is 3. The summed E-state index contributed by atoms with van der Waals surface area (Å²) in [4.78, 5) is 13.9. The number of carbonyl (C=O) groups is 1. The molecule has 0 radical (unpaired) electrons. The molecule has 1 atom stereocenters. The van der Waals surface area contributed by atoms with E-state index < -0.39 is 0 Å². The van der Waals surface area contributed by atoms with E-state index >= 15 is 0 Å². The van der Waals surface area contributed by atoms with Crippen molar-refractivity contribution in [3.05, 3.63) is 0 Å². The highest BCUT2D eigenvalue weighted by atomic mass is 32.2. The van der Waals surface area contributed by atoms with Gasteiger partial charge in [0.05, 0.1) is 0 Å². The quantitative estimate of drug-likeness (QED) is 0.805. The van der Waals surface area contributed by atoms with Gasteiger partial charge in [0.1, 0.15) is 0 Å². The van der Waals surface area contributed by atoms with E-state index in [2.05, 4.69) is 22.0 Å². The molecule has 2 heterocycles. The van der Waals surface area contributed by atoms with Crippen LogP contribution >= 0.6 is 11.8 Å². The predicted molar refractivity (Wildman–Crippen MR) is 66.6 cm³/mol. The van der Waals surface area contributed by atoms with Crippen LogP contribution in [0.25, 0.3) is 0 Å². The van der Waals surface area contributed by atoms with Crippen LogP contribution in [0.5, 0.6) is 0 Å². The Morgan fingerprint density at radius 2 is 1.88 bits per heavy atom. The molecule has 0 aromatic heterocycles. The van der Waals surface area contributed by atoms with Crippen molar-refractivity contribution >= 4 is 17.7 Å². The molecular formula is C12H20N2OS. The van der Waals surface area contributed by atoms with Gasteiger partial charge in [0.25, 0.3) is 0 Å². The number of amides is 1. The van der Waals surface area contributed by atoms with Crippen LogP contribution in [0.4, 0.5) is 0 Å². The van der Waals surface area contributed by atoms with Gasteiger partial charge < -0.3 is 10.2 Å². The third kappa shape index (κ3) is 2.38. The molecule has 2 saturated heterocycles. The lowest BCUT2D eigenvalue weighted by Crippen LogP contribution is -2.42. The summed E-state index contributed by atoms with van der Waals surface area (Å²) in [6.07, 6.45) is 5.76. The molecule has 0 spiro atoms. The predicted octanol–water partition coefficient (Wildman–Crippen LogP) is 1.23. The number of carbonyl (C=O) groups excluding carboxylic acids is 1. The molecule has 4 heteroatoms. The normalized spacial score (nSPS) is 32.4. The molecule has 3 fully saturated rings. The number of hydrogen-bond donors (Lipinski definition) is 1. The van der Waals surface area contributed by atoms with Crippen molar-refractivity contribution in [3.63, 3.8) is 0 Å². The Balaban J connectivity index is 1.50. The summed E-state index contributed by atoms with van der Waals surface area (Å²) in [5.74, 6) is 2.94. The van der Waals surface area contributed by atoms with Gasteiger partial charge in [-0.15, -0.1) is 0 Å². The molecule has 2 aliphatic heterocycles. The van der Waals surface area contributed by atoms with Gasteiger partial charge >= 0.3 is 0 Å². The molecule has 0 bridgehead atoms. The Bertz CT molecular complexity index is 274. The summed E-state index contributed by atoms with van der Waals surface area (Å²) in [5, 5.41) is 3.68. The van der Waals surface area contributed by atoms with Crippen molar-refractivity contribution < 1.29 is 4.79 Å². The lowest BCUT2D eigenvalue weighted by Gasteiger charge is -2.26. The first-order chi connectivity index (χ1) is 7.83. The maximum atomic E-state index is 11.8. The molecule has 3 aliphatic rings. The van der Waals surface area contributed by atoms with E-state index in [1.54, 1.807) is 0 Å². The number of nitrogens with zero attached hydrogens (tertiary/aromatic N) is 1. The minimum Gasteiger partial charge on any atom is -0.338 e. The monoisotopic (exact) mass is 240 g/mol. The second-order valence-electron chi connectivity index (χ2n) is 5.23. The van der Waals surface area contributed by atoms with Gasteiger partial charge in [-0.05, 0) is 37.2 Å². The highest BCUT2D eigenvalue weighted by Crippen LogP contribution is 2.31. The number of nitrogens with one attached hydrogen (secondary N) is 1. The SMILES string of the molecule is O=C1CC(NC2CCSCC2)CN1C1CC1. The summed E-state index contributed by atoms with van der Waals surface area (Å²) in [5.41, 5.74) is 0. The second kappa shape index (κ2) is 4.57. The lowest BCUT2D eigenvalue weighted by molar-refractivity contribution is -0.128. The first kappa shape index (κ1) is 10.9. The minimum atomic E-state index is 0.380. The van der Waals surface area contributed by atoms with Crippen LogP contribution < -0.4 is 5.32 Å². The van der Waals surface area contributed by atoms with Crippen molar-refractivity contribution in [2.75, 3.05) is 18.1 Å². The third-order valence-electron chi connectivity index (χ3n) is 3.84. The van der Waals surface area contributed by atoms with Gasteiger partial charge in [-0.1, -0.05) is 0 Å². The fourth-order valence-corrected chi connectivity index (χ4v) is 3.89. The van der Waals surface area contributed by atoms with Gasteiger partial charge in [0.15, 0.2) is 0 Å². The Labute approximate surface area is 101 Å². The first-order valence-electron chi connectivity index (χ1n) is 6.46. The fourth-order valence-electron chi connectivity index (χ4n) is 2.78. The van der Waals surface area contributed by atoms with Gasteiger partial charge in [0.2, 0.25) is 5.91 Å². The van der Waals surface area contributed by atoms with Gasteiger partial charge in [-0.2, -0.15) is 11.8 Å².